The van der Waals surface area contributed by atoms with Crippen LogP contribution in [0, 0.1) is 0 Å². The average molecular weight is 304 g/mol. The van der Waals surface area contributed by atoms with Crippen LogP contribution < -0.4 is 0 Å². The first-order valence-electron chi connectivity index (χ1n) is 6.75. The number of carbonyl (C=O) groups excluding carboxylic acids is 2. The first-order valence-corrected chi connectivity index (χ1v) is 6.75. The van der Waals surface area contributed by atoms with E-state index in [-0.39, 0.29) is 32.3 Å². The van der Waals surface area contributed by atoms with Crippen LogP contribution >= 0.6 is 0 Å². The molecule has 0 atom stereocenters. The third kappa shape index (κ3) is 7.50. The maximum Gasteiger partial charge on any atom is 0.325 e. The van der Waals surface area contributed by atoms with Gasteiger partial charge < -0.3 is 24.4 Å². The summed E-state index contributed by atoms with van der Waals surface area (Å²) in [6.07, 6.45) is 0. The Bertz CT molecular complexity index is 359. The highest BCUT2D eigenvalue weighted by Gasteiger charge is 2.26. The molecular formula is C13H24N2O6. The van der Waals surface area contributed by atoms with Gasteiger partial charge in [-0.2, -0.15) is 0 Å². The summed E-state index contributed by atoms with van der Waals surface area (Å²) >= 11 is 0. The van der Waals surface area contributed by atoms with Crippen molar-refractivity contribution in [1.29, 1.82) is 0 Å². The van der Waals surface area contributed by atoms with Gasteiger partial charge in [-0.3, -0.25) is 9.59 Å². The van der Waals surface area contributed by atoms with Crippen molar-refractivity contribution in [3.63, 3.8) is 0 Å². The van der Waals surface area contributed by atoms with Crippen LogP contribution in [0.15, 0.2) is 0 Å². The van der Waals surface area contributed by atoms with Crippen LogP contribution in [0.2, 0.25) is 0 Å². The van der Waals surface area contributed by atoms with Gasteiger partial charge in [-0.25, -0.2) is 4.79 Å². The van der Waals surface area contributed by atoms with Gasteiger partial charge in [0.25, 0.3) is 0 Å². The second kappa shape index (κ2) is 9.98. The number of methoxy groups -OCH3 is 1. The quantitative estimate of drug-likeness (QED) is 0.620. The van der Waals surface area contributed by atoms with Gasteiger partial charge >= 0.3 is 18.0 Å². The number of carbonyl (C=O) groups is 3. The number of ether oxygens (including phenoxy) is 2. The van der Waals surface area contributed by atoms with Crippen LogP contribution in [-0.2, 0) is 19.1 Å². The Labute approximate surface area is 124 Å². The van der Waals surface area contributed by atoms with Crippen LogP contribution in [0.4, 0.5) is 4.79 Å². The third-order valence-corrected chi connectivity index (χ3v) is 2.64. The number of urea groups is 1. The SMILES string of the molecule is CCOC(=O)CN(C(=O)N(CCOC)CC(=O)O)C(C)C. The van der Waals surface area contributed by atoms with Crippen molar-refractivity contribution in [2.24, 2.45) is 0 Å². The molecule has 0 saturated heterocycles. The Morgan fingerprint density at radius 1 is 1.19 bits per heavy atom. The summed E-state index contributed by atoms with van der Waals surface area (Å²) in [4.78, 5) is 37.2. The number of hydrogen-bond acceptors (Lipinski definition) is 5. The first-order chi connectivity index (χ1) is 9.83. The highest BCUT2D eigenvalue weighted by molar-refractivity contribution is 5.84. The van der Waals surface area contributed by atoms with E-state index in [2.05, 4.69) is 0 Å². The molecule has 0 bridgehead atoms. The van der Waals surface area contributed by atoms with Crippen LogP contribution in [0.3, 0.4) is 0 Å². The minimum Gasteiger partial charge on any atom is -0.480 e. The zero-order chi connectivity index (χ0) is 16.4. The van der Waals surface area contributed by atoms with Crippen molar-refractivity contribution in [3.8, 4) is 0 Å². The molecule has 0 aromatic heterocycles. The molecule has 2 amide bonds. The topological polar surface area (TPSA) is 96.4 Å². The molecule has 0 unspecified atom stereocenters. The average Bonchev–Trinajstić information content (AvgIpc) is 2.39. The molecule has 122 valence electrons. The van der Waals surface area contributed by atoms with Crippen molar-refractivity contribution >= 4 is 18.0 Å². The molecular weight excluding hydrogens is 280 g/mol. The molecule has 0 fully saturated rings. The van der Waals surface area contributed by atoms with Crippen molar-refractivity contribution in [3.05, 3.63) is 0 Å². The zero-order valence-electron chi connectivity index (χ0n) is 13.0. The highest BCUT2D eigenvalue weighted by atomic mass is 16.5. The van der Waals surface area contributed by atoms with Crippen LogP contribution in [0.5, 0.6) is 0 Å². The lowest BCUT2D eigenvalue weighted by Gasteiger charge is -2.31. The second-order valence-corrected chi connectivity index (χ2v) is 4.62. The number of rotatable bonds is 9. The highest BCUT2D eigenvalue weighted by Crippen LogP contribution is 2.06. The van der Waals surface area contributed by atoms with Gasteiger partial charge in [0.2, 0.25) is 0 Å². The molecule has 0 saturated carbocycles. The summed E-state index contributed by atoms with van der Waals surface area (Å²) < 4.78 is 9.69. The monoisotopic (exact) mass is 304 g/mol. The first kappa shape index (κ1) is 19.2. The number of hydrogen-bond donors (Lipinski definition) is 1. The number of carboxylic acids is 1. The Kier molecular flexibility index (Phi) is 9.11. The van der Waals surface area contributed by atoms with Crippen molar-refractivity contribution < 1.29 is 29.0 Å². The summed E-state index contributed by atoms with van der Waals surface area (Å²) in [5, 5.41) is 8.87. The molecule has 0 heterocycles. The van der Waals surface area contributed by atoms with Crippen molar-refractivity contribution in [2.45, 2.75) is 26.8 Å². The Hall–Kier alpha value is -1.83. The molecule has 21 heavy (non-hydrogen) atoms. The minimum atomic E-state index is -1.13. The summed E-state index contributed by atoms with van der Waals surface area (Å²) in [5.41, 5.74) is 0. The fourth-order valence-corrected chi connectivity index (χ4v) is 1.61. The molecule has 0 aliphatic heterocycles. The molecule has 0 rings (SSSR count). The second-order valence-electron chi connectivity index (χ2n) is 4.62. The van der Waals surface area contributed by atoms with Crippen LogP contribution in [0.1, 0.15) is 20.8 Å². The van der Waals surface area contributed by atoms with E-state index in [0.29, 0.717) is 0 Å². The lowest BCUT2D eigenvalue weighted by molar-refractivity contribution is -0.144. The summed E-state index contributed by atoms with van der Waals surface area (Å²) in [7, 11) is 1.46. The van der Waals surface area contributed by atoms with E-state index in [1.807, 2.05) is 0 Å². The summed E-state index contributed by atoms with van der Waals surface area (Å²) in [5.74, 6) is -1.65. The molecule has 0 radical (unpaired) electrons. The fourth-order valence-electron chi connectivity index (χ4n) is 1.61. The van der Waals surface area contributed by atoms with E-state index in [1.54, 1.807) is 20.8 Å². The Morgan fingerprint density at radius 3 is 2.24 bits per heavy atom. The molecule has 0 aromatic rings. The van der Waals surface area contributed by atoms with Gasteiger partial charge in [0.05, 0.1) is 13.2 Å². The predicted molar refractivity (Wildman–Crippen MR) is 75.0 cm³/mol. The minimum absolute atomic E-state index is 0.133. The lowest BCUT2D eigenvalue weighted by atomic mass is 10.3. The van der Waals surface area contributed by atoms with Crippen LogP contribution in [-0.4, -0.2) is 78.9 Å². The van der Waals surface area contributed by atoms with E-state index < -0.39 is 24.5 Å². The summed E-state index contributed by atoms with van der Waals surface area (Å²) in [6, 6.07) is -0.793. The molecule has 8 nitrogen and oxygen atoms in total. The molecule has 0 aromatic carbocycles. The number of carboxylic acid groups (broad SMARTS) is 1. The summed E-state index contributed by atoms with van der Waals surface area (Å²) in [6.45, 7) is 5.06. The maximum absolute atomic E-state index is 12.4. The smallest absolute Gasteiger partial charge is 0.325 e. The number of esters is 1. The van der Waals surface area contributed by atoms with E-state index in [1.165, 1.54) is 12.0 Å². The fraction of sp³-hybridized carbons (Fsp3) is 0.769. The predicted octanol–water partition coefficient (Wildman–Crippen LogP) is 0.413. The standard InChI is InChI=1S/C13H24N2O6/c1-5-21-12(18)9-15(10(2)3)13(19)14(6-7-20-4)8-11(16)17/h10H,5-9H2,1-4H3,(H,16,17). The van der Waals surface area contributed by atoms with E-state index >= 15 is 0 Å². The van der Waals surface area contributed by atoms with E-state index in [9.17, 15) is 14.4 Å². The van der Waals surface area contributed by atoms with Gasteiger partial charge in [0.15, 0.2) is 0 Å². The normalized spacial score (nSPS) is 10.3. The number of amides is 2. The Balaban J connectivity index is 4.93. The number of nitrogens with zero attached hydrogens (tertiary/aromatic N) is 2. The molecule has 0 aliphatic rings. The zero-order valence-corrected chi connectivity index (χ0v) is 13.0. The maximum atomic E-state index is 12.4. The van der Waals surface area contributed by atoms with Gasteiger partial charge in [-0.15, -0.1) is 0 Å². The molecule has 0 aliphatic carbocycles. The molecule has 0 spiro atoms. The van der Waals surface area contributed by atoms with E-state index in [4.69, 9.17) is 14.6 Å². The largest absolute Gasteiger partial charge is 0.480 e. The van der Waals surface area contributed by atoms with Crippen molar-refractivity contribution in [2.75, 3.05) is 40.0 Å². The van der Waals surface area contributed by atoms with Gasteiger partial charge in [0, 0.05) is 19.7 Å². The van der Waals surface area contributed by atoms with Crippen LogP contribution in [0.25, 0.3) is 0 Å². The Morgan fingerprint density at radius 2 is 1.81 bits per heavy atom. The lowest BCUT2D eigenvalue weighted by Crippen LogP contribution is -2.51. The van der Waals surface area contributed by atoms with Gasteiger partial charge in [-0.1, -0.05) is 0 Å². The third-order valence-electron chi connectivity index (χ3n) is 2.64. The van der Waals surface area contributed by atoms with Gasteiger partial charge in [-0.05, 0) is 20.8 Å². The van der Waals surface area contributed by atoms with E-state index in [0.717, 1.165) is 4.90 Å². The molecule has 8 heteroatoms. The van der Waals surface area contributed by atoms with Gasteiger partial charge in [0.1, 0.15) is 13.1 Å². The number of aliphatic carboxylic acids is 1. The molecule has 1 N–H and O–H groups in total. The van der Waals surface area contributed by atoms with Crippen molar-refractivity contribution in [1.82, 2.24) is 9.80 Å².